The molecule has 1 atom stereocenters. The maximum atomic E-state index is 12.8. The number of halogens is 3. The van der Waals surface area contributed by atoms with Crippen molar-refractivity contribution in [3.8, 4) is 17.5 Å². The molecular weight excluding hydrogens is 443 g/mol. The van der Waals surface area contributed by atoms with Crippen LogP contribution in [0.15, 0.2) is 35.5 Å². The van der Waals surface area contributed by atoms with Crippen molar-refractivity contribution < 1.29 is 21.6 Å². The first-order valence-electron chi connectivity index (χ1n) is 9.79. The van der Waals surface area contributed by atoms with E-state index in [2.05, 4.69) is 16.0 Å². The van der Waals surface area contributed by atoms with Gasteiger partial charge >= 0.3 is 6.18 Å². The third-order valence-electron chi connectivity index (χ3n) is 4.81. The fraction of sp³-hybridized carbons (Fsp3) is 0.381. The van der Waals surface area contributed by atoms with E-state index in [9.17, 15) is 26.9 Å². The van der Waals surface area contributed by atoms with Crippen LogP contribution in [-0.4, -0.2) is 35.2 Å². The maximum Gasteiger partial charge on any atom is 0.404 e. The van der Waals surface area contributed by atoms with Crippen LogP contribution < -0.4 is 4.72 Å². The Kier molecular flexibility index (Phi) is 6.31. The summed E-state index contributed by atoms with van der Waals surface area (Å²) < 4.78 is 66.4. The van der Waals surface area contributed by atoms with Crippen LogP contribution in [0.1, 0.15) is 31.9 Å². The summed E-state index contributed by atoms with van der Waals surface area (Å²) in [6, 6.07) is 4.34. The van der Waals surface area contributed by atoms with Crippen LogP contribution in [-0.2, 0) is 16.6 Å². The predicted molar refractivity (Wildman–Crippen MR) is 113 cm³/mol. The van der Waals surface area contributed by atoms with E-state index >= 15 is 0 Å². The summed E-state index contributed by atoms with van der Waals surface area (Å²) in [5.74, 6) is 0.215. The molecular formula is C21H22F3N5O2S. The number of nitriles is 1. The van der Waals surface area contributed by atoms with Crippen LogP contribution >= 0.6 is 0 Å². The molecule has 0 radical (unpaired) electrons. The maximum absolute atomic E-state index is 12.8. The van der Waals surface area contributed by atoms with Crippen LogP contribution in [0.4, 0.5) is 13.2 Å². The summed E-state index contributed by atoms with van der Waals surface area (Å²) in [6.07, 6.45) is -2.04. The van der Waals surface area contributed by atoms with E-state index in [4.69, 9.17) is 0 Å². The fourth-order valence-electron chi connectivity index (χ4n) is 3.30. The monoisotopic (exact) mass is 465 g/mol. The highest BCUT2D eigenvalue weighted by atomic mass is 32.2. The lowest BCUT2D eigenvalue weighted by atomic mass is 10.1. The van der Waals surface area contributed by atoms with Gasteiger partial charge in [-0.15, -0.1) is 0 Å². The third-order valence-corrected chi connectivity index (χ3v) is 6.33. The van der Waals surface area contributed by atoms with Crippen molar-refractivity contribution in [1.82, 2.24) is 19.3 Å². The molecule has 32 heavy (non-hydrogen) atoms. The number of aromatic nitrogens is 3. The number of sulfonamides is 1. The summed E-state index contributed by atoms with van der Waals surface area (Å²) in [4.78, 5) is 8.25. The second-order valence-corrected chi connectivity index (χ2v) is 9.70. The van der Waals surface area contributed by atoms with Gasteiger partial charge in [-0.25, -0.2) is 13.4 Å². The first kappa shape index (κ1) is 23.7. The van der Waals surface area contributed by atoms with Crippen molar-refractivity contribution in [2.24, 2.45) is 5.92 Å². The Bertz CT molecular complexity index is 1290. The molecule has 0 aliphatic heterocycles. The van der Waals surface area contributed by atoms with Gasteiger partial charge in [-0.2, -0.15) is 23.2 Å². The highest BCUT2D eigenvalue weighted by Crippen LogP contribution is 2.33. The van der Waals surface area contributed by atoms with Crippen molar-refractivity contribution in [2.75, 3.05) is 0 Å². The molecule has 0 saturated carbocycles. The molecule has 0 spiro atoms. The quantitative estimate of drug-likeness (QED) is 0.589. The Hall–Kier alpha value is -2.97. The number of rotatable bonds is 6. The number of nitrogens with one attached hydrogen (secondary N) is 1. The van der Waals surface area contributed by atoms with Gasteiger partial charge in [-0.3, -0.25) is 4.98 Å². The summed E-state index contributed by atoms with van der Waals surface area (Å²) >= 11 is 0. The number of aryl methyl sites for hydroxylation is 1. The van der Waals surface area contributed by atoms with Crippen molar-refractivity contribution in [2.45, 2.75) is 51.4 Å². The van der Waals surface area contributed by atoms with Gasteiger partial charge in [0.15, 0.2) is 0 Å². The molecule has 7 nitrogen and oxygen atoms in total. The van der Waals surface area contributed by atoms with Crippen LogP contribution in [0.2, 0.25) is 0 Å². The van der Waals surface area contributed by atoms with Crippen LogP contribution in [0.5, 0.6) is 0 Å². The van der Waals surface area contributed by atoms with Crippen LogP contribution in [0.25, 0.3) is 22.4 Å². The number of hydrogen-bond donors (Lipinski definition) is 1. The van der Waals surface area contributed by atoms with Crippen LogP contribution in [0, 0.1) is 24.2 Å². The van der Waals surface area contributed by atoms with Gasteiger partial charge in [0.2, 0.25) is 10.0 Å². The highest BCUT2D eigenvalue weighted by Gasteiger charge is 2.39. The minimum atomic E-state index is -4.72. The first-order chi connectivity index (χ1) is 14.8. The average molecular weight is 466 g/mol. The predicted octanol–water partition coefficient (Wildman–Crippen LogP) is 4.16. The SMILES string of the molecule is Cc1cnc2c(c1)c(C#N)c(-c1ccc(S(=O)(=O)NC(C)C(F)(F)F)cn1)n2CC(C)C. The largest absolute Gasteiger partial charge is 0.404 e. The molecule has 170 valence electrons. The Morgan fingerprint density at radius 2 is 1.88 bits per heavy atom. The Morgan fingerprint density at radius 3 is 2.41 bits per heavy atom. The van der Waals surface area contributed by atoms with Gasteiger partial charge in [0.1, 0.15) is 22.7 Å². The van der Waals surface area contributed by atoms with Gasteiger partial charge in [0.05, 0.1) is 17.0 Å². The molecule has 1 N–H and O–H groups in total. The number of hydrogen-bond acceptors (Lipinski definition) is 5. The van der Waals surface area contributed by atoms with Gasteiger partial charge in [-0.1, -0.05) is 13.8 Å². The second-order valence-electron chi connectivity index (χ2n) is 7.99. The summed E-state index contributed by atoms with van der Waals surface area (Å²) in [5, 5.41) is 10.5. The summed E-state index contributed by atoms with van der Waals surface area (Å²) in [7, 11) is -4.43. The molecule has 11 heteroatoms. The van der Waals surface area contributed by atoms with E-state index in [1.165, 1.54) is 12.1 Å². The molecule has 1 unspecified atom stereocenters. The molecule has 0 fully saturated rings. The summed E-state index contributed by atoms with van der Waals surface area (Å²) in [5.41, 5.74) is 2.64. The van der Waals surface area contributed by atoms with E-state index in [0.717, 1.165) is 18.7 Å². The zero-order valence-corrected chi connectivity index (χ0v) is 18.7. The van der Waals surface area contributed by atoms with Gasteiger partial charge in [0.25, 0.3) is 0 Å². The Balaban J connectivity index is 2.11. The number of nitrogens with zero attached hydrogens (tertiary/aromatic N) is 4. The zero-order valence-electron chi connectivity index (χ0n) is 17.9. The van der Waals surface area contributed by atoms with Crippen molar-refractivity contribution in [3.63, 3.8) is 0 Å². The van der Waals surface area contributed by atoms with Crippen molar-refractivity contribution >= 4 is 21.1 Å². The fourth-order valence-corrected chi connectivity index (χ4v) is 4.47. The second kappa shape index (κ2) is 8.52. The normalized spacial score (nSPS) is 13.5. The molecule has 3 aromatic rings. The lowest BCUT2D eigenvalue weighted by Gasteiger charge is -2.17. The van der Waals surface area contributed by atoms with E-state index in [1.807, 2.05) is 31.4 Å². The minimum absolute atomic E-state index is 0.215. The molecule has 0 amide bonds. The smallest absolute Gasteiger partial charge is 0.323 e. The molecule has 0 aromatic carbocycles. The molecule has 3 rings (SSSR count). The standard InChI is InChI=1S/C21H22F3N5O2S/c1-12(2)11-29-19(17(8-25)16-7-13(3)9-27-20(16)29)18-6-5-15(10-26-18)32(30,31)28-14(4)21(22,23)24/h5-7,9-10,12,14,28H,11H2,1-4H3. The van der Waals surface area contributed by atoms with Crippen molar-refractivity contribution in [3.05, 3.63) is 41.7 Å². The topological polar surface area (TPSA) is 101 Å². The average Bonchev–Trinajstić information content (AvgIpc) is 2.98. The highest BCUT2D eigenvalue weighted by molar-refractivity contribution is 7.89. The third kappa shape index (κ3) is 4.61. The first-order valence-corrected chi connectivity index (χ1v) is 11.3. The summed E-state index contributed by atoms with van der Waals surface area (Å²) in [6.45, 7) is 7.13. The Morgan fingerprint density at radius 1 is 1.19 bits per heavy atom. The number of fused-ring (bicyclic) bond motifs is 1. The van der Waals surface area contributed by atoms with Crippen molar-refractivity contribution in [1.29, 1.82) is 5.26 Å². The lowest BCUT2D eigenvalue weighted by molar-refractivity contribution is -0.147. The van der Waals surface area contributed by atoms with E-state index in [1.54, 1.807) is 10.9 Å². The van der Waals surface area contributed by atoms with Gasteiger partial charge in [0, 0.05) is 24.3 Å². The molecule has 0 aliphatic carbocycles. The van der Waals surface area contributed by atoms with Crippen LogP contribution in [0.3, 0.4) is 0 Å². The zero-order chi connectivity index (χ0) is 23.8. The number of pyridine rings is 2. The molecule has 3 heterocycles. The van der Waals surface area contributed by atoms with E-state index in [0.29, 0.717) is 34.5 Å². The molecule has 0 saturated heterocycles. The van der Waals surface area contributed by atoms with Gasteiger partial charge in [-0.05, 0) is 43.5 Å². The molecule has 0 bridgehead atoms. The van der Waals surface area contributed by atoms with Gasteiger partial charge < -0.3 is 4.57 Å². The molecule has 3 aromatic heterocycles. The minimum Gasteiger partial charge on any atom is -0.323 e. The Labute approximate surface area is 184 Å². The van der Waals surface area contributed by atoms with E-state index in [-0.39, 0.29) is 5.92 Å². The number of alkyl halides is 3. The lowest BCUT2D eigenvalue weighted by Crippen LogP contribution is -2.42. The van der Waals surface area contributed by atoms with E-state index < -0.39 is 27.1 Å². The molecule has 0 aliphatic rings.